The van der Waals surface area contributed by atoms with Crippen molar-refractivity contribution in [2.75, 3.05) is 12.5 Å². The van der Waals surface area contributed by atoms with Crippen LogP contribution in [-0.2, 0) is 9.59 Å². The molecule has 6 nitrogen and oxygen atoms in total. The van der Waals surface area contributed by atoms with Gasteiger partial charge in [0, 0.05) is 16.7 Å². The summed E-state index contributed by atoms with van der Waals surface area (Å²) in [5.41, 5.74) is -4.90. The Labute approximate surface area is 199 Å². The third-order valence-corrected chi connectivity index (χ3v) is 9.28. The van der Waals surface area contributed by atoms with Gasteiger partial charge in [0.25, 0.3) is 0 Å². The minimum absolute atomic E-state index is 0.0151. The van der Waals surface area contributed by atoms with Crippen molar-refractivity contribution in [1.29, 1.82) is 0 Å². The normalized spacial score (nSPS) is 46.8. The number of ketones is 2. The van der Waals surface area contributed by atoms with Gasteiger partial charge in [0.15, 0.2) is 17.2 Å². The predicted octanol–water partition coefficient (Wildman–Crippen LogP) is 2.50. The van der Waals surface area contributed by atoms with E-state index in [1.54, 1.807) is 13.0 Å². The molecule has 0 spiro atoms. The number of hydrogen-bond donors (Lipinski definition) is 4. The quantitative estimate of drug-likeness (QED) is 0.456. The lowest BCUT2D eigenvalue weighted by Gasteiger charge is -2.62. The summed E-state index contributed by atoms with van der Waals surface area (Å²) in [6.45, 7) is 6.77. The largest absolute Gasteiger partial charge is 0.394 e. The van der Waals surface area contributed by atoms with Crippen LogP contribution in [0.3, 0.4) is 0 Å². The lowest BCUT2D eigenvalue weighted by molar-refractivity contribution is -0.218. The number of rotatable bonds is 3. The number of fused-ring (bicyclic) bond motifs is 5. The van der Waals surface area contributed by atoms with E-state index in [9.17, 15) is 19.8 Å². The van der Waals surface area contributed by atoms with Gasteiger partial charge in [-0.1, -0.05) is 25.5 Å². The van der Waals surface area contributed by atoms with Crippen molar-refractivity contribution in [3.8, 4) is 0 Å². The van der Waals surface area contributed by atoms with Gasteiger partial charge in [-0.25, -0.2) is 4.39 Å². The second-order valence-electron chi connectivity index (χ2n) is 10.8. The summed E-state index contributed by atoms with van der Waals surface area (Å²) in [4.78, 5) is 24.5. The molecule has 0 heterocycles. The number of aliphatic hydroxyl groups excluding tert-OH is 3. The molecule has 3 fully saturated rings. The zero-order valence-electron chi connectivity index (χ0n) is 19.7. The van der Waals surface area contributed by atoms with Gasteiger partial charge in [-0.3, -0.25) is 9.59 Å². The van der Waals surface area contributed by atoms with E-state index in [1.807, 2.05) is 13.8 Å². The van der Waals surface area contributed by atoms with Crippen molar-refractivity contribution in [1.82, 2.24) is 0 Å². The highest BCUT2D eigenvalue weighted by Gasteiger charge is 2.75. The van der Waals surface area contributed by atoms with E-state index >= 15 is 4.39 Å². The molecule has 4 aliphatic carbocycles. The maximum Gasteiger partial charge on any atom is 0.179 e. The summed E-state index contributed by atoms with van der Waals surface area (Å²) in [5.74, 6) is -2.03. The molecule has 0 saturated heterocycles. The van der Waals surface area contributed by atoms with Gasteiger partial charge in [0.2, 0.25) is 0 Å². The summed E-state index contributed by atoms with van der Waals surface area (Å²) < 4.78 is 16.9. The molecule has 0 amide bonds. The fraction of sp³-hybridized carbons (Fsp3) is 0.760. The zero-order valence-corrected chi connectivity index (χ0v) is 20.5. The van der Waals surface area contributed by atoms with Gasteiger partial charge >= 0.3 is 0 Å². The third kappa shape index (κ3) is 3.57. The number of alkyl halides is 2. The number of halogens is 2. The highest BCUT2D eigenvalue weighted by molar-refractivity contribution is 6.29. The van der Waals surface area contributed by atoms with Crippen LogP contribution in [0, 0.1) is 28.6 Å². The van der Waals surface area contributed by atoms with E-state index in [0.717, 1.165) is 5.57 Å². The van der Waals surface area contributed by atoms with Crippen LogP contribution in [-0.4, -0.2) is 68.0 Å². The van der Waals surface area contributed by atoms with Gasteiger partial charge in [-0.2, -0.15) is 0 Å². The molecule has 33 heavy (non-hydrogen) atoms. The maximum absolute atomic E-state index is 16.9. The van der Waals surface area contributed by atoms with Crippen LogP contribution in [0.2, 0.25) is 0 Å². The van der Waals surface area contributed by atoms with Crippen molar-refractivity contribution < 1.29 is 34.4 Å². The SMILES string of the molecule is CC(O)CO.C[C@H]1C[C@H]2[C@@H]3CCC4=CC(=O)C=C[C@]4(C)[C@@]3(F)[C@@H](O)C[C@]2(C)[C@@]1(O)C(=O)CCl. The van der Waals surface area contributed by atoms with Crippen molar-refractivity contribution in [2.45, 2.75) is 76.9 Å². The number of aliphatic hydroxyl groups is 4. The Morgan fingerprint density at radius 2 is 1.94 bits per heavy atom. The second kappa shape index (κ2) is 8.83. The van der Waals surface area contributed by atoms with E-state index < -0.39 is 46.0 Å². The number of carbonyl (C=O) groups excluding carboxylic acids is 2. The average molecular weight is 487 g/mol. The molecule has 1 unspecified atom stereocenters. The molecule has 4 N–H and O–H groups in total. The number of Topliss-reactive ketones (excluding diaryl/α,β-unsaturated/α-hetero) is 1. The number of hydrogen-bond acceptors (Lipinski definition) is 6. The minimum atomic E-state index is -1.95. The highest BCUT2D eigenvalue weighted by Crippen LogP contribution is 2.70. The highest BCUT2D eigenvalue weighted by atomic mass is 35.5. The molecule has 9 atom stereocenters. The fourth-order valence-corrected chi connectivity index (χ4v) is 7.45. The van der Waals surface area contributed by atoms with Crippen molar-refractivity contribution in [2.24, 2.45) is 28.6 Å². The smallest absolute Gasteiger partial charge is 0.179 e. The Balaban J connectivity index is 0.000000555. The Morgan fingerprint density at radius 1 is 1.33 bits per heavy atom. The van der Waals surface area contributed by atoms with Crippen molar-refractivity contribution in [3.63, 3.8) is 0 Å². The van der Waals surface area contributed by atoms with Crippen LogP contribution >= 0.6 is 11.6 Å². The van der Waals surface area contributed by atoms with Crippen molar-refractivity contribution in [3.05, 3.63) is 23.8 Å². The van der Waals surface area contributed by atoms with E-state index in [1.165, 1.54) is 19.1 Å². The van der Waals surface area contributed by atoms with Crippen LogP contribution in [0.4, 0.5) is 4.39 Å². The lowest BCUT2D eigenvalue weighted by Crippen LogP contribution is -2.69. The Kier molecular flexibility index (Phi) is 7.09. The molecule has 4 aliphatic rings. The molecule has 0 aromatic carbocycles. The molecule has 0 bridgehead atoms. The zero-order chi connectivity index (χ0) is 25.0. The predicted molar refractivity (Wildman–Crippen MR) is 122 cm³/mol. The van der Waals surface area contributed by atoms with Gasteiger partial charge in [0.1, 0.15) is 5.60 Å². The first-order valence-corrected chi connectivity index (χ1v) is 12.2. The topological polar surface area (TPSA) is 115 Å². The number of carbonyl (C=O) groups is 2. The van der Waals surface area contributed by atoms with Crippen molar-refractivity contribution >= 4 is 23.2 Å². The van der Waals surface area contributed by atoms with Crippen LogP contribution in [0.15, 0.2) is 23.8 Å². The Bertz CT molecular complexity index is 873. The molecule has 0 aromatic heterocycles. The minimum Gasteiger partial charge on any atom is -0.394 e. The first-order valence-electron chi connectivity index (χ1n) is 11.7. The Morgan fingerprint density at radius 3 is 2.48 bits per heavy atom. The average Bonchev–Trinajstić information content (AvgIpc) is 2.96. The standard InChI is InChI=1S/C22H28ClFO4.C3H8O2/c1-12-8-16-15-5-4-13-9-14(25)6-7-19(13,2)21(15,24)17(26)10-20(16,3)22(12,28)18(27)11-23;1-3(5)2-4/h6-7,9,12,15-17,26,28H,4-5,8,10-11H2,1-3H3;3-5H,2H2,1H3/t12-,15-,16-,17-,19-,20-,21-,22-;/m0./s1. The van der Waals surface area contributed by atoms with Crippen LogP contribution < -0.4 is 0 Å². The first-order chi connectivity index (χ1) is 15.2. The van der Waals surface area contributed by atoms with Crippen LogP contribution in [0.25, 0.3) is 0 Å². The molecule has 0 radical (unpaired) electrons. The van der Waals surface area contributed by atoms with E-state index in [4.69, 9.17) is 21.8 Å². The lowest BCUT2D eigenvalue weighted by atomic mass is 9.44. The van der Waals surface area contributed by atoms with Gasteiger partial charge in [0.05, 0.1) is 24.7 Å². The van der Waals surface area contributed by atoms with Gasteiger partial charge in [-0.05, 0) is 63.5 Å². The monoisotopic (exact) mass is 486 g/mol. The van der Waals surface area contributed by atoms with Crippen LogP contribution in [0.1, 0.15) is 53.4 Å². The second-order valence-corrected chi connectivity index (χ2v) is 11.0. The fourth-order valence-electron chi connectivity index (χ4n) is 7.24. The molecular formula is C25H36ClFO6. The Hall–Kier alpha value is -1.12. The van der Waals surface area contributed by atoms with Gasteiger partial charge < -0.3 is 20.4 Å². The maximum atomic E-state index is 16.9. The molecule has 4 rings (SSSR count). The summed E-state index contributed by atoms with van der Waals surface area (Å²) >= 11 is 5.81. The summed E-state index contributed by atoms with van der Waals surface area (Å²) in [7, 11) is 0. The molecule has 0 aliphatic heterocycles. The van der Waals surface area contributed by atoms with E-state index in [2.05, 4.69) is 0 Å². The number of allylic oxidation sites excluding steroid dienone is 4. The summed E-state index contributed by atoms with van der Waals surface area (Å²) in [6.07, 6.45) is 4.13. The molecule has 186 valence electrons. The summed E-state index contributed by atoms with van der Waals surface area (Å²) in [6, 6.07) is 0. The van der Waals surface area contributed by atoms with E-state index in [-0.39, 0.29) is 36.5 Å². The van der Waals surface area contributed by atoms with Crippen LogP contribution in [0.5, 0.6) is 0 Å². The summed E-state index contributed by atoms with van der Waals surface area (Å²) in [5, 5.41) is 38.6. The molecule has 8 heteroatoms. The molecule has 0 aromatic rings. The third-order valence-electron chi connectivity index (χ3n) is 9.03. The molecular weight excluding hydrogens is 451 g/mol. The van der Waals surface area contributed by atoms with E-state index in [0.29, 0.717) is 19.3 Å². The van der Waals surface area contributed by atoms with Gasteiger partial charge in [-0.15, -0.1) is 11.6 Å². The first kappa shape index (κ1) is 26.5. The molecule has 3 saturated carbocycles.